The van der Waals surface area contributed by atoms with Crippen LogP contribution in [0.4, 0.5) is 0 Å². The molecule has 0 aliphatic heterocycles. The Bertz CT molecular complexity index is 97.4. The monoisotopic (exact) mass is 144 g/mol. The van der Waals surface area contributed by atoms with E-state index in [1.165, 1.54) is 0 Å². The molecule has 0 radical (unpaired) electrons. The molecule has 0 aromatic rings. The molecule has 10 heavy (non-hydrogen) atoms. The predicted molar refractivity (Wildman–Crippen MR) is 41.0 cm³/mol. The topological polar surface area (TPSA) is 26.3 Å². The van der Waals surface area contributed by atoms with Gasteiger partial charge < -0.3 is 9.53 Å². The van der Waals surface area contributed by atoms with Gasteiger partial charge in [0.2, 0.25) is 0 Å². The smallest absolute Gasteiger partial charge is 0.119 e. The van der Waals surface area contributed by atoms with Gasteiger partial charge in [0, 0.05) is 13.5 Å². The second-order valence-electron chi connectivity index (χ2n) is 3.02. The molecule has 0 saturated heterocycles. The molecule has 0 N–H and O–H groups in total. The first-order chi connectivity index (χ1) is 4.62. The summed E-state index contributed by atoms with van der Waals surface area (Å²) in [5.74, 6) is 0. The van der Waals surface area contributed by atoms with Crippen molar-refractivity contribution in [2.24, 2.45) is 0 Å². The van der Waals surface area contributed by atoms with Gasteiger partial charge in [0.15, 0.2) is 0 Å². The number of hydrogen-bond donors (Lipinski definition) is 0. The molecule has 0 aliphatic carbocycles. The average molecular weight is 144 g/mol. The molecule has 0 atom stereocenters. The molecule has 0 saturated carbocycles. The third-order valence-electron chi connectivity index (χ3n) is 1.65. The molecule has 0 spiro atoms. The largest absolute Gasteiger partial charge is 0.379 e. The molecule has 0 heterocycles. The first-order valence-corrected chi connectivity index (χ1v) is 3.61. The van der Waals surface area contributed by atoms with E-state index in [9.17, 15) is 4.79 Å². The molecule has 0 aromatic carbocycles. The maximum absolute atomic E-state index is 9.94. The number of unbranched alkanes of at least 4 members (excludes halogenated alkanes) is 1. The van der Waals surface area contributed by atoms with Gasteiger partial charge in [-0.05, 0) is 26.7 Å². The molecule has 2 heteroatoms. The van der Waals surface area contributed by atoms with Gasteiger partial charge >= 0.3 is 0 Å². The van der Waals surface area contributed by atoms with Gasteiger partial charge in [0.25, 0.3) is 0 Å². The van der Waals surface area contributed by atoms with Crippen molar-refractivity contribution < 1.29 is 9.53 Å². The van der Waals surface area contributed by atoms with Crippen LogP contribution in [0.2, 0.25) is 0 Å². The molecular formula is C8H16O2. The Morgan fingerprint density at radius 1 is 1.50 bits per heavy atom. The van der Waals surface area contributed by atoms with Crippen LogP contribution in [0.3, 0.4) is 0 Å². The molecule has 0 rings (SSSR count). The summed E-state index contributed by atoms with van der Waals surface area (Å²) in [5.41, 5.74) is -0.0665. The first kappa shape index (κ1) is 9.63. The fraction of sp³-hybridized carbons (Fsp3) is 0.875. The maximum atomic E-state index is 9.94. The minimum atomic E-state index is -0.0665. The Balaban J connectivity index is 3.36. The minimum Gasteiger partial charge on any atom is -0.379 e. The van der Waals surface area contributed by atoms with Crippen LogP contribution in [0.1, 0.15) is 33.1 Å². The van der Waals surface area contributed by atoms with Crippen LogP contribution in [0.15, 0.2) is 0 Å². The highest BCUT2D eigenvalue weighted by molar-refractivity contribution is 5.48. The number of carbonyl (C=O) groups excluding carboxylic acids is 1. The highest BCUT2D eigenvalue weighted by atomic mass is 16.5. The average Bonchev–Trinajstić information content (AvgIpc) is 1.89. The molecule has 0 aromatic heterocycles. The Morgan fingerprint density at radius 3 is 2.50 bits per heavy atom. The van der Waals surface area contributed by atoms with E-state index in [1.54, 1.807) is 7.11 Å². The maximum Gasteiger partial charge on any atom is 0.119 e. The van der Waals surface area contributed by atoms with Crippen LogP contribution >= 0.6 is 0 Å². The lowest BCUT2D eigenvalue weighted by atomic mass is 10.0. The number of carbonyl (C=O) groups is 1. The molecule has 0 bridgehead atoms. The number of aldehydes is 1. The van der Waals surface area contributed by atoms with Crippen LogP contribution in [0, 0.1) is 0 Å². The van der Waals surface area contributed by atoms with E-state index in [0.717, 1.165) is 19.1 Å². The summed E-state index contributed by atoms with van der Waals surface area (Å²) in [6.45, 7) is 4.05. The Morgan fingerprint density at radius 2 is 2.10 bits per heavy atom. The third kappa shape index (κ3) is 4.50. The van der Waals surface area contributed by atoms with Crippen molar-refractivity contribution in [3.8, 4) is 0 Å². The highest BCUT2D eigenvalue weighted by Gasteiger charge is 2.14. The summed E-state index contributed by atoms with van der Waals surface area (Å²) in [5, 5.41) is 0. The van der Waals surface area contributed by atoms with Crippen molar-refractivity contribution in [2.45, 2.75) is 38.7 Å². The van der Waals surface area contributed by atoms with Crippen molar-refractivity contribution in [1.82, 2.24) is 0 Å². The van der Waals surface area contributed by atoms with Crippen molar-refractivity contribution in [1.29, 1.82) is 0 Å². The predicted octanol–water partition coefficient (Wildman–Crippen LogP) is 1.78. The van der Waals surface area contributed by atoms with Crippen molar-refractivity contribution in [3.63, 3.8) is 0 Å². The van der Waals surface area contributed by atoms with Crippen LogP contribution in [-0.4, -0.2) is 19.0 Å². The van der Waals surface area contributed by atoms with E-state index in [0.29, 0.717) is 6.42 Å². The van der Waals surface area contributed by atoms with E-state index in [1.807, 2.05) is 13.8 Å². The molecule has 0 amide bonds. The van der Waals surface area contributed by atoms with Gasteiger partial charge in [0.05, 0.1) is 5.60 Å². The van der Waals surface area contributed by atoms with Gasteiger partial charge in [-0.3, -0.25) is 0 Å². The van der Waals surface area contributed by atoms with Crippen molar-refractivity contribution in [3.05, 3.63) is 0 Å². The van der Waals surface area contributed by atoms with Gasteiger partial charge in [-0.1, -0.05) is 0 Å². The van der Waals surface area contributed by atoms with Gasteiger partial charge in [0.1, 0.15) is 6.29 Å². The van der Waals surface area contributed by atoms with E-state index in [2.05, 4.69) is 0 Å². The number of methoxy groups -OCH3 is 1. The summed E-state index contributed by atoms with van der Waals surface area (Å²) in [7, 11) is 1.70. The fourth-order valence-corrected chi connectivity index (χ4v) is 0.713. The van der Waals surface area contributed by atoms with Crippen molar-refractivity contribution >= 4 is 6.29 Å². The van der Waals surface area contributed by atoms with E-state index in [-0.39, 0.29) is 5.60 Å². The van der Waals surface area contributed by atoms with Gasteiger partial charge in [-0.15, -0.1) is 0 Å². The number of rotatable bonds is 5. The lowest BCUT2D eigenvalue weighted by molar-refractivity contribution is -0.108. The number of ether oxygens (including phenoxy) is 1. The Kier molecular flexibility index (Phi) is 4.28. The normalized spacial score (nSPS) is 11.5. The summed E-state index contributed by atoms with van der Waals surface area (Å²) in [4.78, 5) is 9.94. The van der Waals surface area contributed by atoms with Gasteiger partial charge in [-0.25, -0.2) is 0 Å². The standard InChI is InChI=1S/C8H16O2/c1-8(2,10-3)6-4-5-7-9/h7H,4-6H2,1-3H3. The van der Waals surface area contributed by atoms with E-state index in [4.69, 9.17) is 4.74 Å². The molecule has 0 aliphatic rings. The molecule has 60 valence electrons. The van der Waals surface area contributed by atoms with Crippen LogP contribution < -0.4 is 0 Å². The zero-order valence-electron chi connectivity index (χ0n) is 7.02. The summed E-state index contributed by atoms with van der Waals surface area (Å²) in [6.07, 6.45) is 3.46. The molecule has 0 fully saturated rings. The Labute approximate surface area is 62.6 Å². The lowest BCUT2D eigenvalue weighted by Gasteiger charge is -2.21. The quantitative estimate of drug-likeness (QED) is 0.434. The number of hydrogen-bond acceptors (Lipinski definition) is 2. The van der Waals surface area contributed by atoms with Crippen LogP contribution in [0.25, 0.3) is 0 Å². The Hall–Kier alpha value is -0.370. The van der Waals surface area contributed by atoms with E-state index < -0.39 is 0 Å². The third-order valence-corrected chi connectivity index (χ3v) is 1.65. The second-order valence-corrected chi connectivity index (χ2v) is 3.02. The SMILES string of the molecule is COC(C)(C)CCCC=O. The van der Waals surface area contributed by atoms with E-state index >= 15 is 0 Å². The zero-order valence-corrected chi connectivity index (χ0v) is 7.02. The summed E-state index contributed by atoms with van der Waals surface area (Å²) in [6, 6.07) is 0. The molecular weight excluding hydrogens is 128 g/mol. The summed E-state index contributed by atoms with van der Waals surface area (Å²) >= 11 is 0. The summed E-state index contributed by atoms with van der Waals surface area (Å²) < 4.78 is 5.17. The lowest BCUT2D eigenvalue weighted by Crippen LogP contribution is -2.21. The van der Waals surface area contributed by atoms with Crippen LogP contribution in [-0.2, 0) is 9.53 Å². The van der Waals surface area contributed by atoms with Gasteiger partial charge in [-0.2, -0.15) is 0 Å². The fourth-order valence-electron chi connectivity index (χ4n) is 0.713. The van der Waals surface area contributed by atoms with Crippen molar-refractivity contribution in [2.75, 3.05) is 7.11 Å². The van der Waals surface area contributed by atoms with Crippen LogP contribution in [0.5, 0.6) is 0 Å². The first-order valence-electron chi connectivity index (χ1n) is 3.61. The molecule has 0 unspecified atom stereocenters. The molecule has 2 nitrogen and oxygen atoms in total. The second kappa shape index (κ2) is 4.45. The highest BCUT2D eigenvalue weighted by Crippen LogP contribution is 2.15. The zero-order chi connectivity index (χ0) is 8.04. The minimum absolute atomic E-state index is 0.0665.